The van der Waals surface area contributed by atoms with Gasteiger partial charge < -0.3 is 5.32 Å². The summed E-state index contributed by atoms with van der Waals surface area (Å²) in [5, 5.41) is 3.35. The van der Waals surface area contributed by atoms with Crippen LogP contribution in [0.1, 0.15) is 123 Å². The van der Waals surface area contributed by atoms with Gasteiger partial charge in [-0.25, -0.2) is 0 Å². The maximum atomic E-state index is 4.60. The fraction of sp³-hybridized carbons (Fsp3) is 0.629. The van der Waals surface area contributed by atoms with Crippen molar-refractivity contribution < 1.29 is 0 Å². The molecule has 36 heavy (non-hydrogen) atoms. The summed E-state index contributed by atoms with van der Waals surface area (Å²) < 4.78 is 0. The summed E-state index contributed by atoms with van der Waals surface area (Å²) in [4.78, 5) is 0. The van der Waals surface area contributed by atoms with Crippen LogP contribution in [0.25, 0.3) is 5.57 Å². The van der Waals surface area contributed by atoms with Crippen molar-refractivity contribution in [2.75, 3.05) is 13.6 Å². The predicted octanol–water partition coefficient (Wildman–Crippen LogP) is 10.7. The third-order valence-electron chi connectivity index (χ3n) is 8.14. The first-order valence-corrected chi connectivity index (χ1v) is 14.6. The molecule has 1 N–H and O–H groups in total. The van der Waals surface area contributed by atoms with E-state index in [0.29, 0.717) is 5.41 Å². The molecular formula is C35H59N. The van der Waals surface area contributed by atoms with Gasteiger partial charge in [0.15, 0.2) is 0 Å². The molecule has 1 aliphatic carbocycles. The Balaban J connectivity index is 0.00000104. The monoisotopic (exact) mass is 493 g/mol. The van der Waals surface area contributed by atoms with Crippen molar-refractivity contribution in [3.63, 3.8) is 0 Å². The maximum Gasteiger partial charge on any atom is 0.0162 e. The van der Waals surface area contributed by atoms with Gasteiger partial charge in [0.25, 0.3) is 0 Å². The summed E-state index contributed by atoms with van der Waals surface area (Å²) in [5.74, 6) is 0. The number of aryl methyl sites for hydroxylation is 1. The average Bonchev–Trinajstić information content (AvgIpc) is 3.29. The van der Waals surface area contributed by atoms with Gasteiger partial charge in [-0.2, -0.15) is 0 Å². The lowest BCUT2D eigenvalue weighted by atomic mass is 9.68. The van der Waals surface area contributed by atoms with Crippen LogP contribution in [-0.2, 0) is 6.42 Å². The van der Waals surface area contributed by atoms with Crippen molar-refractivity contribution in [1.82, 2.24) is 5.32 Å². The molecule has 2 atom stereocenters. The highest BCUT2D eigenvalue weighted by Crippen LogP contribution is 2.60. The van der Waals surface area contributed by atoms with E-state index in [9.17, 15) is 0 Å². The van der Waals surface area contributed by atoms with E-state index in [1.165, 1.54) is 106 Å². The number of hydrogen-bond acceptors (Lipinski definition) is 1. The molecule has 204 valence electrons. The molecule has 1 aromatic carbocycles. The van der Waals surface area contributed by atoms with Crippen LogP contribution in [0.2, 0.25) is 0 Å². The van der Waals surface area contributed by atoms with Gasteiger partial charge in [-0.05, 0) is 81.2 Å². The van der Waals surface area contributed by atoms with Crippen LogP contribution < -0.4 is 5.32 Å². The van der Waals surface area contributed by atoms with Gasteiger partial charge in [-0.15, -0.1) is 5.73 Å². The van der Waals surface area contributed by atoms with Crippen molar-refractivity contribution in [3.8, 4) is 0 Å². The molecule has 0 saturated heterocycles. The standard InChI is InChI=1S/C25H39N.C7H16.C3H4/c1-7-9-10-22-11-13-23(14-12-22)21(5)25(20(3)4)16-15-24(8-2,19-25)17-18-26-6;1-3-5-7-6-4-2;1-3-2/h11-14,26H,3,5,7-10,15-19H2,1-2,4,6H3;3-7H2,1-2H3;1-2H2. The molecule has 1 aromatic rings. The van der Waals surface area contributed by atoms with E-state index in [2.05, 4.69) is 103 Å². The average molecular weight is 494 g/mol. The lowest BCUT2D eigenvalue weighted by molar-refractivity contribution is 0.242. The molecule has 1 saturated carbocycles. The van der Waals surface area contributed by atoms with E-state index in [-0.39, 0.29) is 5.41 Å². The third kappa shape index (κ3) is 11.1. The zero-order valence-corrected chi connectivity index (χ0v) is 25.0. The second kappa shape index (κ2) is 19.3. The van der Waals surface area contributed by atoms with Crippen LogP contribution in [-0.4, -0.2) is 13.6 Å². The molecule has 1 aliphatic rings. The van der Waals surface area contributed by atoms with Gasteiger partial charge >= 0.3 is 0 Å². The summed E-state index contributed by atoms with van der Waals surface area (Å²) in [5.41, 5.74) is 8.05. The van der Waals surface area contributed by atoms with Crippen molar-refractivity contribution in [3.05, 3.63) is 73.0 Å². The van der Waals surface area contributed by atoms with E-state index in [1.54, 1.807) is 0 Å². The maximum absolute atomic E-state index is 4.60. The van der Waals surface area contributed by atoms with E-state index in [1.807, 2.05) is 0 Å². The van der Waals surface area contributed by atoms with Crippen LogP contribution in [0.5, 0.6) is 0 Å². The fourth-order valence-corrected chi connectivity index (χ4v) is 5.46. The lowest BCUT2D eigenvalue weighted by Crippen LogP contribution is -2.26. The minimum atomic E-state index is 0.0642. The largest absolute Gasteiger partial charge is 0.320 e. The Labute approximate surface area is 226 Å². The Morgan fingerprint density at radius 3 is 1.89 bits per heavy atom. The van der Waals surface area contributed by atoms with Crippen molar-refractivity contribution in [1.29, 1.82) is 0 Å². The summed E-state index contributed by atoms with van der Waals surface area (Å²) >= 11 is 0. The first-order chi connectivity index (χ1) is 17.3. The molecule has 0 spiro atoms. The summed E-state index contributed by atoms with van der Waals surface area (Å²) in [6, 6.07) is 9.17. The van der Waals surface area contributed by atoms with Gasteiger partial charge in [0, 0.05) is 5.41 Å². The van der Waals surface area contributed by atoms with Gasteiger partial charge in [-0.1, -0.05) is 129 Å². The number of allylic oxidation sites excluding steroid dienone is 2. The van der Waals surface area contributed by atoms with E-state index < -0.39 is 0 Å². The molecule has 0 aromatic heterocycles. The summed E-state index contributed by atoms with van der Waals surface area (Å²) in [7, 11) is 2.06. The van der Waals surface area contributed by atoms with E-state index in [0.717, 1.165) is 6.54 Å². The normalized spacial score (nSPS) is 20.4. The molecule has 0 bridgehead atoms. The Kier molecular flexibility index (Phi) is 18.3. The molecule has 1 fully saturated rings. The number of hydrogen-bond donors (Lipinski definition) is 1. The van der Waals surface area contributed by atoms with Gasteiger partial charge in [0.05, 0.1) is 0 Å². The van der Waals surface area contributed by atoms with Gasteiger partial charge in [0.2, 0.25) is 0 Å². The molecule has 1 heteroatoms. The first-order valence-electron chi connectivity index (χ1n) is 14.6. The second-order valence-electron chi connectivity index (χ2n) is 10.8. The van der Waals surface area contributed by atoms with Crippen molar-refractivity contribution in [2.24, 2.45) is 10.8 Å². The molecule has 0 heterocycles. The van der Waals surface area contributed by atoms with Crippen LogP contribution in [0.4, 0.5) is 0 Å². The molecule has 0 radical (unpaired) electrons. The smallest absolute Gasteiger partial charge is 0.0162 e. The van der Waals surface area contributed by atoms with Crippen molar-refractivity contribution >= 4 is 5.57 Å². The van der Waals surface area contributed by atoms with Crippen LogP contribution in [0.3, 0.4) is 0 Å². The highest BCUT2D eigenvalue weighted by molar-refractivity contribution is 5.72. The number of unbranched alkanes of at least 4 members (excludes halogenated alkanes) is 5. The molecule has 0 aliphatic heterocycles. The summed E-state index contributed by atoms with van der Waals surface area (Å²) in [6.45, 7) is 27.7. The third-order valence-corrected chi connectivity index (χ3v) is 8.14. The first kappa shape index (κ1) is 34.2. The quantitative estimate of drug-likeness (QED) is 0.154. The highest BCUT2D eigenvalue weighted by atomic mass is 14.8. The molecule has 2 unspecified atom stereocenters. The van der Waals surface area contributed by atoms with Crippen molar-refractivity contribution in [2.45, 2.75) is 118 Å². The van der Waals surface area contributed by atoms with Crippen LogP contribution >= 0.6 is 0 Å². The Morgan fingerprint density at radius 1 is 0.889 bits per heavy atom. The second-order valence-corrected chi connectivity index (χ2v) is 10.8. The zero-order valence-electron chi connectivity index (χ0n) is 25.0. The lowest BCUT2D eigenvalue weighted by Gasteiger charge is -2.36. The molecule has 0 amide bonds. The van der Waals surface area contributed by atoms with E-state index in [4.69, 9.17) is 0 Å². The minimum Gasteiger partial charge on any atom is -0.320 e. The SMILES string of the molecule is C=C(C)C1(C(=C)c2ccc(CCCC)cc2)CCC(CC)(CCNC)C1.C=C=C.CCCCCCC. The van der Waals surface area contributed by atoms with Crippen LogP contribution in [0, 0.1) is 10.8 Å². The molecule has 2 rings (SSSR count). The molecule has 1 nitrogen and oxygen atoms in total. The van der Waals surface area contributed by atoms with E-state index >= 15 is 0 Å². The topological polar surface area (TPSA) is 12.0 Å². The van der Waals surface area contributed by atoms with Gasteiger partial charge in [0.1, 0.15) is 0 Å². The number of benzene rings is 1. The van der Waals surface area contributed by atoms with Gasteiger partial charge in [-0.3, -0.25) is 0 Å². The predicted molar refractivity (Wildman–Crippen MR) is 166 cm³/mol. The summed E-state index contributed by atoms with van der Waals surface area (Å²) in [6.07, 6.45) is 16.9. The fourth-order valence-electron chi connectivity index (χ4n) is 5.46. The minimum absolute atomic E-state index is 0.0642. The highest BCUT2D eigenvalue weighted by Gasteiger charge is 2.48. The Bertz CT molecular complexity index is 760. The Hall–Kier alpha value is -1.82. The number of rotatable bonds is 14. The molecular weight excluding hydrogens is 434 g/mol. The zero-order chi connectivity index (χ0) is 27.5. The van der Waals surface area contributed by atoms with Crippen LogP contribution in [0.15, 0.2) is 61.9 Å². The number of nitrogens with one attached hydrogen (secondary N) is 1. The Morgan fingerprint density at radius 2 is 1.44 bits per heavy atom.